The van der Waals surface area contributed by atoms with E-state index in [4.69, 9.17) is 0 Å². The van der Waals surface area contributed by atoms with Crippen LogP contribution in [0.25, 0.3) is 34.0 Å². The van der Waals surface area contributed by atoms with Crippen molar-refractivity contribution in [1.82, 2.24) is 10.2 Å². The summed E-state index contributed by atoms with van der Waals surface area (Å²) in [5, 5.41) is 8.72. The fourth-order valence-electron chi connectivity index (χ4n) is 4.21. The number of hydrogen-bond acceptors (Lipinski definition) is 2. The molecule has 34 heavy (non-hydrogen) atoms. The third kappa shape index (κ3) is 4.92. The first-order valence-corrected chi connectivity index (χ1v) is 11.7. The molecule has 0 saturated heterocycles. The van der Waals surface area contributed by atoms with E-state index in [0.717, 1.165) is 33.5 Å². The Kier molecular flexibility index (Phi) is 6.61. The normalized spacial score (nSPS) is 11.2. The highest BCUT2D eigenvalue weighted by Gasteiger charge is 2.08. The van der Waals surface area contributed by atoms with E-state index in [9.17, 15) is 0 Å². The summed E-state index contributed by atoms with van der Waals surface area (Å²) in [6, 6.07) is 19.4. The first kappa shape index (κ1) is 23.4. The SMILES string of the molecule is C=C(/C=C/c1cc(C)c(C)c(C)c1)c1cccc(-c2cnnc(-c3cc(C)c(C)c(C)c3)c2)c1. The van der Waals surface area contributed by atoms with Gasteiger partial charge >= 0.3 is 0 Å². The minimum Gasteiger partial charge on any atom is -0.158 e. The van der Waals surface area contributed by atoms with Crippen molar-refractivity contribution in [3.8, 4) is 22.4 Å². The molecule has 0 bridgehead atoms. The monoisotopic (exact) mass is 444 g/mol. The first-order chi connectivity index (χ1) is 16.2. The first-order valence-electron chi connectivity index (χ1n) is 11.7. The maximum Gasteiger partial charge on any atom is 0.0936 e. The Labute approximate surface area is 203 Å². The number of nitrogens with zero attached hydrogens (tertiary/aromatic N) is 2. The van der Waals surface area contributed by atoms with Crippen molar-refractivity contribution >= 4 is 11.6 Å². The number of aromatic nitrogens is 2. The summed E-state index contributed by atoms with van der Waals surface area (Å²) < 4.78 is 0. The van der Waals surface area contributed by atoms with E-state index >= 15 is 0 Å². The van der Waals surface area contributed by atoms with Crippen molar-refractivity contribution in [1.29, 1.82) is 0 Å². The average molecular weight is 445 g/mol. The van der Waals surface area contributed by atoms with Crippen LogP contribution in [0.3, 0.4) is 0 Å². The maximum atomic E-state index is 4.41. The zero-order valence-corrected chi connectivity index (χ0v) is 21.0. The quantitative estimate of drug-likeness (QED) is 0.289. The third-order valence-corrected chi connectivity index (χ3v) is 6.87. The van der Waals surface area contributed by atoms with Crippen molar-refractivity contribution in [2.45, 2.75) is 41.5 Å². The maximum absolute atomic E-state index is 4.41. The molecule has 0 aliphatic heterocycles. The molecule has 4 rings (SSSR count). The summed E-state index contributed by atoms with van der Waals surface area (Å²) in [6.07, 6.45) is 6.06. The summed E-state index contributed by atoms with van der Waals surface area (Å²) in [7, 11) is 0. The second-order valence-corrected chi connectivity index (χ2v) is 9.28. The highest BCUT2D eigenvalue weighted by Crippen LogP contribution is 2.28. The Hall–Kier alpha value is -3.78. The minimum absolute atomic E-state index is 0.887. The smallest absolute Gasteiger partial charge is 0.0936 e. The van der Waals surface area contributed by atoms with E-state index in [1.807, 2.05) is 6.20 Å². The van der Waals surface area contributed by atoms with Gasteiger partial charge in [0.2, 0.25) is 0 Å². The van der Waals surface area contributed by atoms with Crippen LogP contribution < -0.4 is 0 Å². The van der Waals surface area contributed by atoms with E-state index in [0.29, 0.717) is 0 Å². The fourth-order valence-corrected chi connectivity index (χ4v) is 4.21. The zero-order valence-electron chi connectivity index (χ0n) is 21.0. The van der Waals surface area contributed by atoms with Gasteiger partial charge in [-0.3, -0.25) is 0 Å². The summed E-state index contributed by atoms with van der Waals surface area (Å²) in [6.45, 7) is 17.3. The van der Waals surface area contributed by atoms with Crippen LogP contribution in [0.4, 0.5) is 0 Å². The lowest BCUT2D eigenvalue weighted by Gasteiger charge is -2.10. The molecule has 0 aliphatic rings. The van der Waals surface area contributed by atoms with E-state index in [-0.39, 0.29) is 0 Å². The summed E-state index contributed by atoms with van der Waals surface area (Å²) in [4.78, 5) is 0. The zero-order chi connectivity index (χ0) is 24.4. The van der Waals surface area contributed by atoms with Gasteiger partial charge in [-0.2, -0.15) is 10.2 Å². The number of hydrogen-bond donors (Lipinski definition) is 0. The minimum atomic E-state index is 0.887. The molecule has 1 heterocycles. The second-order valence-electron chi connectivity index (χ2n) is 9.28. The Morgan fingerprint density at radius 1 is 0.706 bits per heavy atom. The van der Waals surface area contributed by atoms with E-state index in [1.165, 1.54) is 38.9 Å². The largest absolute Gasteiger partial charge is 0.158 e. The molecule has 0 aliphatic carbocycles. The molecule has 0 amide bonds. The summed E-state index contributed by atoms with van der Waals surface area (Å²) in [5.74, 6) is 0. The molecule has 2 heteroatoms. The topological polar surface area (TPSA) is 25.8 Å². The second kappa shape index (κ2) is 9.61. The lowest BCUT2D eigenvalue weighted by molar-refractivity contribution is 1.04. The van der Waals surface area contributed by atoms with Gasteiger partial charge in [0.1, 0.15) is 0 Å². The van der Waals surface area contributed by atoms with Gasteiger partial charge in [0.15, 0.2) is 0 Å². The number of allylic oxidation sites excluding steroid dienone is 2. The van der Waals surface area contributed by atoms with Crippen molar-refractivity contribution in [3.63, 3.8) is 0 Å². The van der Waals surface area contributed by atoms with Crippen molar-refractivity contribution in [3.05, 3.63) is 118 Å². The molecule has 0 fully saturated rings. The standard InChI is InChI=1S/C32H32N2/c1-20(11-12-27-13-21(2)25(6)22(3)14-27)28-9-8-10-29(17-28)31-18-32(34-33-19-31)30-15-23(4)26(7)24(5)16-30/h8-19H,1H2,2-7H3/b12-11+. The van der Waals surface area contributed by atoms with Crippen LogP contribution >= 0.6 is 0 Å². The Balaban J connectivity index is 1.62. The molecule has 0 unspecified atom stereocenters. The van der Waals surface area contributed by atoms with Crippen LogP contribution in [0.1, 0.15) is 44.5 Å². The number of benzene rings is 3. The lowest BCUT2D eigenvalue weighted by atomic mass is 9.96. The van der Waals surface area contributed by atoms with E-state index < -0.39 is 0 Å². The molecule has 2 nitrogen and oxygen atoms in total. The van der Waals surface area contributed by atoms with Crippen molar-refractivity contribution < 1.29 is 0 Å². The molecule has 0 N–H and O–H groups in total. The van der Waals surface area contributed by atoms with Gasteiger partial charge in [0.05, 0.1) is 11.9 Å². The average Bonchev–Trinajstić information content (AvgIpc) is 2.84. The molecule has 1 aromatic heterocycles. The van der Waals surface area contributed by atoms with E-state index in [1.54, 1.807) is 0 Å². The van der Waals surface area contributed by atoms with Gasteiger partial charge < -0.3 is 0 Å². The van der Waals surface area contributed by atoms with Gasteiger partial charge in [-0.15, -0.1) is 0 Å². The number of aryl methyl sites for hydroxylation is 4. The molecule has 0 radical (unpaired) electrons. The Morgan fingerprint density at radius 3 is 1.97 bits per heavy atom. The molecule has 4 aromatic rings. The highest BCUT2D eigenvalue weighted by molar-refractivity contribution is 5.80. The van der Waals surface area contributed by atoms with Crippen LogP contribution in [0.2, 0.25) is 0 Å². The summed E-state index contributed by atoms with van der Waals surface area (Å²) in [5.41, 5.74) is 15.2. The Bertz CT molecular complexity index is 1380. The Morgan fingerprint density at radius 2 is 1.32 bits per heavy atom. The van der Waals surface area contributed by atoms with Gasteiger partial charge in [-0.1, -0.05) is 49.1 Å². The highest BCUT2D eigenvalue weighted by atomic mass is 15.1. The van der Waals surface area contributed by atoms with Gasteiger partial charge in [-0.25, -0.2) is 0 Å². The van der Waals surface area contributed by atoms with Crippen molar-refractivity contribution in [2.24, 2.45) is 0 Å². The van der Waals surface area contributed by atoms with Gasteiger partial charge in [-0.05, 0) is 121 Å². The third-order valence-electron chi connectivity index (χ3n) is 6.87. The molecule has 170 valence electrons. The van der Waals surface area contributed by atoms with Gasteiger partial charge in [0.25, 0.3) is 0 Å². The van der Waals surface area contributed by atoms with E-state index in [2.05, 4.69) is 125 Å². The van der Waals surface area contributed by atoms with Crippen LogP contribution in [-0.4, -0.2) is 10.2 Å². The lowest BCUT2D eigenvalue weighted by Crippen LogP contribution is -1.93. The fraction of sp³-hybridized carbons (Fsp3) is 0.188. The van der Waals surface area contributed by atoms with Gasteiger partial charge in [0, 0.05) is 11.1 Å². The number of rotatable bonds is 5. The molecule has 0 saturated carbocycles. The van der Waals surface area contributed by atoms with Crippen LogP contribution in [0.5, 0.6) is 0 Å². The summed E-state index contributed by atoms with van der Waals surface area (Å²) >= 11 is 0. The molecule has 0 spiro atoms. The molecular formula is C32H32N2. The van der Waals surface area contributed by atoms with Crippen LogP contribution in [-0.2, 0) is 0 Å². The van der Waals surface area contributed by atoms with Crippen LogP contribution in [0.15, 0.2) is 73.4 Å². The van der Waals surface area contributed by atoms with Crippen LogP contribution in [0, 0.1) is 41.5 Å². The molecule has 0 atom stereocenters. The predicted molar refractivity (Wildman–Crippen MR) is 146 cm³/mol. The molecular weight excluding hydrogens is 412 g/mol. The predicted octanol–water partition coefficient (Wildman–Crippen LogP) is 8.39. The molecule has 3 aromatic carbocycles. The van der Waals surface area contributed by atoms with Crippen molar-refractivity contribution in [2.75, 3.05) is 0 Å².